The van der Waals surface area contributed by atoms with Crippen LogP contribution in [0.25, 0.3) is 0 Å². The fourth-order valence-corrected chi connectivity index (χ4v) is 3.44. The van der Waals surface area contributed by atoms with Crippen LogP contribution in [0.1, 0.15) is 17.2 Å². The third-order valence-corrected chi connectivity index (χ3v) is 5.23. The first-order valence-corrected chi connectivity index (χ1v) is 10.0. The van der Waals surface area contributed by atoms with Gasteiger partial charge in [-0.15, -0.1) is 0 Å². The molecule has 1 aliphatic rings. The molecule has 2 aromatic rings. The van der Waals surface area contributed by atoms with Gasteiger partial charge in [-0.05, 0) is 24.7 Å². The number of carbonyl (C=O) groups is 1. The van der Waals surface area contributed by atoms with Crippen LogP contribution in [0.3, 0.4) is 0 Å². The fraction of sp³-hybridized carbons (Fsp3) is 0.391. The summed E-state index contributed by atoms with van der Waals surface area (Å²) in [6.45, 7) is 4.63. The van der Waals surface area contributed by atoms with Crippen LogP contribution in [0.5, 0.6) is 11.5 Å². The molecule has 7 nitrogen and oxygen atoms in total. The molecule has 1 saturated heterocycles. The van der Waals surface area contributed by atoms with Crippen LogP contribution in [-0.2, 0) is 4.79 Å². The third-order valence-electron chi connectivity index (χ3n) is 5.23. The van der Waals surface area contributed by atoms with E-state index in [9.17, 15) is 4.79 Å². The van der Waals surface area contributed by atoms with Crippen molar-refractivity contribution in [2.75, 3.05) is 53.5 Å². The lowest BCUT2D eigenvalue weighted by molar-refractivity contribution is -0.124. The Morgan fingerprint density at radius 1 is 1.13 bits per heavy atom. The second kappa shape index (κ2) is 10.6. The van der Waals surface area contributed by atoms with Crippen molar-refractivity contribution in [2.45, 2.75) is 6.04 Å². The normalized spacial score (nSPS) is 15.8. The van der Waals surface area contributed by atoms with E-state index in [0.29, 0.717) is 17.1 Å². The summed E-state index contributed by atoms with van der Waals surface area (Å²) in [6.07, 6.45) is 0. The quantitative estimate of drug-likeness (QED) is 0.720. The first-order chi connectivity index (χ1) is 14.6. The van der Waals surface area contributed by atoms with Gasteiger partial charge < -0.3 is 19.7 Å². The number of benzene rings is 2. The first-order valence-electron chi connectivity index (χ1n) is 10.0. The molecule has 1 atom stereocenters. The largest absolute Gasteiger partial charge is 0.493 e. The van der Waals surface area contributed by atoms with Gasteiger partial charge in [0.1, 0.15) is 0 Å². The summed E-state index contributed by atoms with van der Waals surface area (Å²) in [7, 11) is 3.63. The summed E-state index contributed by atoms with van der Waals surface area (Å²) in [4.78, 5) is 17.3. The van der Waals surface area contributed by atoms with Gasteiger partial charge in [-0.1, -0.05) is 30.3 Å². The monoisotopic (exact) mass is 408 g/mol. The average Bonchev–Trinajstić information content (AvgIpc) is 2.79. The molecule has 0 radical (unpaired) electrons. The Kier molecular flexibility index (Phi) is 7.66. The van der Waals surface area contributed by atoms with Crippen molar-refractivity contribution in [3.63, 3.8) is 0 Å². The molecule has 3 rings (SSSR count). The zero-order valence-corrected chi connectivity index (χ0v) is 17.5. The molecule has 30 heavy (non-hydrogen) atoms. The lowest BCUT2D eigenvalue weighted by Crippen LogP contribution is -2.48. The van der Waals surface area contributed by atoms with E-state index in [2.05, 4.69) is 28.2 Å². The molecule has 1 fully saturated rings. The second-order valence-electron chi connectivity index (χ2n) is 7.40. The Bertz CT molecular complexity index is 874. The Morgan fingerprint density at radius 3 is 2.53 bits per heavy atom. The number of likely N-dealkylation sites (N-methyl/N-ethyl adjacent to an activating group) is 1. The van der Waals surface area contributed by atoms with Gasteiger partial charge in [-0.3, -0.25) is 9.69 Å². The smallest absolute Gasteiger partial charge is 0.258 e. The number of nitrogens with zero attached hydrogens (tertiary/aromatic N) is 3. The molecule has 1 heterocycles. The first kappa shape index (κ1) is 21.6. The van der Waals surface area contributed by atoms with E-state index >= 15 is 0 Å². The zero-order valence-electron chi connectivity index (χ0n) is 17.5. The number of amides is 1. The average molecular weight is 409 g/mol. The lowest BCUT2D eigenvalue weighted by Gasteiger charge is -2.35. The van der Waals surface area contributed by atoms with Gasteiger partial charge in [0.25, 0.3) is 5.91 Å². The molecule has 7 heteroatoms. The number of carbonyl (C=O) groups excluding carboxylic acids is 1. The van der Waals surface area contributed by atoms with Crippen molar-refractivity contribution in [2.24, 2.45) is 0 Å². The van der Waals surface area contributed by atoms with E-state index in [1.807, 2.05) is 30.3 Å². The van der Waals surface area contributed by atoms with Crippen LogP contribution < -0.4 is 14.8 Å². The van der Waals surface area contributed by atoms with Crippen molar-refractivity contribution < 1.29 is 14.3 Å². The zero-order chi connectivity index (χ0) is 21.3. The van der Waals surface area contributed by atoms with E-state index in [-0.39, 0.29) is 18.6 Å². The number of nitrogens with one attached hydrogen (secondary N) is 1. The van der Waals surface area contributed by atoms with Gasteiger partial charge in [0.2, 0.25) is 0 Å². The van der Waals surface area contributed by atoms with Crippen LogP contribution in [0.2, 0.25) is 0 Å². The van der Waals surface area contributed by atoms with Gasteiger partial charge in [0.15, 0.2) is 18.1 Å². The van der Waals surface area contributed by atoms with Crippen LogP contribution in [0.15, 0.2) is 48.5 Å². The topological polar surface area (TPSA) is 77.8 Å². The van der Waals surface area contributed by atoms with E-state index in [1.165, 1.54) is 7.11 Å². The summed E-state index contributed by atoms with van der Waals surface area (Å²) < 4.78 is 10.9. The molecule has 2 aromatic carbocycles. The molecule has 0 aliphatic carbocycles. The third kappa shape index (κ3) is 5.96. The molecule has 0 saturated carbocycles. The summed E-state index contributed by atoms with van der Waals surface area (Å²) in [5.41, 5.74) is 1.54. The summed E-state index contributed by atoms with van der Waals surface area (Å²) in [5.74, 6) is 0.658. The number of ether oxygens (including phenoxy) is 2. The highest BCUT2D eigenvalue weighted by atomic mass is 16.5. The van der Waals surface area contributed by atoms with E-state index in [4.69, 9.17) is 14.7 Å². The Hall–Kier alpha value is -3.08. The molecule has 1 amide bonds. The summed E-state index contributed by atoms with van der Waals surface area (Å²) >= 11 is 0. The molecule has 1 unspecified atom stereocenters. The Labute approximate surface area is 177 Å². The maximum absolute atomic E-state index is 12.7. The fourth-order valence-electron chi connectivity index (χ4n) is 3.44. The molecule has 0 bridgehead atoms. The molecule has 158 valence electrons. The SMILES string of the molecule is COc1cc(C#N)ccc1OCC(=O)NC(CN1CCN(C)CC1)c1ccccc1. The molecule has 1 N–H and O–H groups in total. The van der Waals surface area contributed by atoms with Crippen molar-refractivity contribution >= 4 is 5.91 Å². The lowest BCUT2D eigenvalue weighted by atomic mass is 10.1. The van der Waals surface area contributed by atoms with Gasteiger partial charge in [0, 0.05) is 38.8 Å². The maximum Gasteiger partial charge on any atom is 0.258 e. The predicted molar refractivity (Wildman–Crippen MR) is 114 cm³/mol. The Balaban J connectivity index is 1.62. The highest BCUT2D eigenvalue weighted by Gasteiger charge is 2.21. The molecule has 1 aliphatic heterocycles. The second-order valence-corrected chi connectivity index (χ2v) is 7.40. The minimum atomic E-state index is -0.204. The number of nitriles is 1. The highest BCUT2D eigenvalue weighted by Crippen LogP contribution is 2.27. The van der Waals surface area contributed by atoms with Crippen LogP contribution >= 0.6 is 0 Å². The van der Waals surface area contributed by atoms with Crippen molar-refractivity contribution in [3.05, 3.63) is 59.7 Å². The van der Waals surface area contributed by atoms with Gasteiger partial charge in [0.05, 0.1) is 24.8 Å². The van der Waals surface area contributed by atoms with E-state index in [1.54, 1.807) is 18.2 Å². The highest BCUT2D eigenvalue weighted by molar-refractivity contribution is 5.78. The summed E-state index contributed by atoms with van der Waals surface area (Å²) in [6, 6.07) is 16.8. The number of methoxy groups -OCH3 is 1. The van der Waals surface area contributed by atoms with Gasteiger partial charge in [-0.25, -0.2) is 0 Å². The Morgan fingerprint density at radius 2 is 1.87 bits per heavy atom. The number of piperazine rings is 1. The van der Waals surface area contributed by atoms with Gasteiger partial charge in [-0.2, -0.15) is 5.26 Å². The minimum absolute atomic E-state index is 0.117. The standard InChI is InChI=1S/C23H28N4O3/c1-26-10-12-27(13-11-26)16-20(19-6-4-3-5-7-19)25-23(28)17-30-21-9-8-18(15-24)14-22(21)29-2/h3-9,14,20H,10-13,16-17H2,1-2H3,(H,25,28). The van der Waals surface area contributed by atoms with E-state index < -0.39 is 0 Å². The predicted octanol–water partition coefficient (Wildman–Crippen LogP) is 2.05. The number of rotatable bonds is 8. The number of hydrogen-bond donors (Lipinski definition) is 1. The van der Waals surface area contributed by atoms with Crippen LogP contribution in [0.4, 0.5) is 0 Å². The molecular weight excluding hydrogens is 380 g/mol. The molecular formula is C23H28N4O3. The van der Waals surface area contributed by atoms with Crippen molar-refractivity contribution in [1.29, 1.82) is 5.26 Å². The molecule has 0 aromatic heterocycles. The summed E-state index contributed by atoms with van der Waals surface area (Å²) in [5, 5.41) is 12.1. The maximum atomic E-state index is 12.7. The van der Waals surface area contributed by atoms with E-state index in [0.717, 1.165) is 38.3 Å². The number of hydrogen-bond acceptors (Lipinski definition) is 6. The van der Waals surface area contributed by atoms with Crippen LogP contribution in [-0.4, -0.2) is 69.2 Å². The van der Waals surface area contributed by atoms with Crippen LogP contribution in [0, 0.1) is 11.3 Å². The molecule has 0 spiro atoms. The minimum Gasteiger partial charge on any atom is -0.493 e. The van der Waals surface area contributed by atoms with Gasteiger partial charge >= 0.3 is 0 Å². The van der Waals surface area contributed by atoms with Crippen molar-refractivity contribution in [3.8, 4) is 17.6 Å². The van der Waals surface area contributed by atoms with Crippen molar-refractivity contribution in [1.82, 2.24) is 15.1 Å².